The first-order chi connectivity index (χ1) is 13.2. The summed E-state index contributed by atoms with van der Waals surface area (Å²) in [5, 5.41) is 4.27. The number of nitrogens with zero attached hydrogens (tertiary/aromatic N) is 3. The maximum atomic E-state index is 12.6. The number of carbonyl (C=O) groups excluding carboxylic acids is 1. The first-order valence-corrected chi connectivity index (χ1v) is 10.4. The van der Waals surface area contributed by atoms with Crippen LogP contribution in [0.1, 0.15) is 85.3 Å². The number of aromatic nitrogens is 2. The Balaban J connectivity index is 1.36. The number of hydrogen-bond acceptors (Lipinski definition) is 5. The third-order valence-electron chi connectivity index (χ3n) is 5.92. The Morgan fingerprint density at radius 3 is 2.70 bits per heavy atom. The molecule has 2 aromatic rings. The van der Waals surface area contributed by atoms with E-state index < -0.39 is 0 Å². The molecule has 2 aliphatic rings. The van der Waals surface area contributed by atoms with E-state index in [2.05, 4.69) is 5.16 Å². The normalized spacial score (nSPS) is 22.0. The molecule has 1 saturated carbocycles. The molecule has 6 heteroatoms. The van der Waals surface area contributed by atoms with Gasteiger partial charge < -0.3 is 13.8 Å². The summed E-state index contributed by atoms with van der Waals surface area (Å²) in [5.41, 5.74) is 0. The van der Waals surface area contributed by atoms with Crippen LogP contribution in [0.4, 0.5) is 0 Å². The van der Waals surface area contributed by atoms with E-state index in [1.807, 2.05) is 17.9 Å². The van der Waals surface area contributed by atoms with Crippen molar-refractivity contribution in [2.45, 2.75) is 70.6 Å². The van der Waals surface area contributed by atoms with Crippen LogP contribution in [0, 0.1) is 12.8 Å². The van der Waals surface area contributed by atoms with Crippen molar-refractivity contribution in [1.29, 1.82) is 0 Å². The van der Waals surface area contributed by atoms with E-state index in [0.717, 1.165) is 49.8 Å². The fraction of sp³-hybridized carbons (Fsp3) is 0.667. The lowest BCUT2D eigenvalue weighted by Crippen LogP contribution is -2.40. The molecule has 0 N–H and O–H groups in total. The van der Waals surface area contributed by atoms with Crippen molar-refractivity contribution < 1.29 is 13.7 Å². The first kappa shape index (κ1) is 18.3. The topological polar surface area (TPSA) is 72.4 Å². The molecular formula is C21H29N3O3. The summed E-state index contributed by atoms with van der Waals surface area (Å²) in [4.78, 5) is 19.2. The van der Waals surface area contributed by atoms with Gasteiger partial charge in [0.25, 0.3) is 5.91 Å². The fourth-order valence-corrected chi connectivity index (χ4v) is 4.42. The molecule has 2 fully saturated rings. The maximum Gasteiger partial charge on any atom is 0.289 e. The first-order valence-electron chi connectivity index (χ1n) is 10.4. The predicted molar refractivity (Wildman–Crippen MR) is 101 cm³/mol. The minimum absolute atomic E-state index is 0.0162. The third kappa shape index (κ3) is 4.42. The minimum Gasteiger partial charge on any atom is -0.456 e. The quantitative estimate of drug-likeness (QED) is 0.740. The Kier molecular flexibility index (Phi) is 5.60. The summed E-state index contributed by atoms with van der Waals surface area (Å²) < 4.78 is 11.1. The second-order valence-corrected chi connectivity index (χ2v) is 8.11. The van der Waals surface area contributed by atoms with Gasteiger partial charge in [-0.05, 0) is 50.7 Å². The van der Waals surface area contributed by atoms with Crippen LogP contribution in [-0.4, -0.2) is 34.0 Å². The Bertz CT molecular complexity index is 758. The number of rotatable bonds is 4. The number of likely N-dealkylation sites (tertiary alicyclic amines) is 1. The Hall–Kier alpha value is -2.11. The monoisotopic (exact) mass is 371 g/mol. The van der Waals surface area contributed by atoms with Crippen molar-refractivity contribution in [3.63, 3.8) is 0 Å². The summed E-state index contributed by atoms with van der Waals surface area (Å²) in [7, 11) is 0. The molecule has 0 spiro atoms. The minimum atomic E-state index is -0.0162. The highest BCUT2D eigenvalue weighted by molar-refractivity contribution is 5.91. The highest BCUT2D eigenvalue weighted by Crippen LogP contribution is 2.30. The SMILES string of the molecule is Cc1ccc(C(=O)N2CCCC(Cc3nc(C4CCCCCC4)no3)C2)o1. The average Bonchev–Trinajstić information content (AvgIpc) is 3.23. The van der Waals surface area contributed by atoms with Gasteiger partial charge in [-0.1, -0.05) is 30.8 Å². The van der Waals surface area contributed by atoms with Gasteiger partial charge in [0.2, 0.25) is 5.89 Å². The number of piperidine rings is 1. The molecule has 1 unspecified atom stereocenters. The summed E-state index contributed by atoms with van der Waals surface area (Å²) in [5.74, 6) is 3.62. The van der Waals surface area contributed by atoms with Crippen molar-refractivity contribution in [2.24, 2.45) is 5.92 Å². The van der Waals surface area contributed by atoms with Gasteiger partial charge in [0.05, 0.1) is 0 Å². The highest BCUT2D eigenvalue weighted by Gasteiger charge is 2.28. The second kappa shape index (κ2) is 8.28. The maximum absolute atomic E-state index is 12.6. The van der Waals surface area contributed by atoms with Crippen molar-refractivity contribution >= 4 is 5.91 Å². The van der Waals surface area contributed by atoms with Crippen LogP contribution in [0.25, 0.3) is 0 Å². The lowest BCUT2D eigenvalue weighted by molar-refractivity contribution is 0.0635. The van der Waals surface area contributed by atoms with Crippen LogP contribution in [-0.2, 0) is 6.42 Å². The lowest BCUT2D eigenvalue weighted by Gasteiger charge is -2.31. The fourth-order valence-electron chi connectivity index (χ4n) is 4.42. The van der Waals surface area contributed by atoms with E-state index in [1.165, 1.54) is 38.5 Å². The molecule has 1 atom stereocenters. The number of amides is 1. The van der Waals surface area contributed by atoms with E-state index in [1.54, 1.807) is 6.07 Å². The van der Waals surface area contributed by atoms with E-state index in [-0.39, 0.29) is 5.91 Å². The standard InChI is InChI=1S/C21H29N3O3/c1-15-10-11-18(26-15)21(25)24-12-6-7-16(14-24)13-19-22-20(23-27-19)17-8-4-2-3-5-9-17/h10-11,16-17H,2-9,12-14H2,1H3. The lowest BCUT2D eigenvalue weighted by atomic mass is 9.94. The van der Waals surface area contributed by atoms with E-state index in [9.17, 15) is 4.79 Å². The van der Waals surface area contributed by atoms with Gasteiger partial charge in [-0.3, -0.25) is 4.79 Å². The summed E-state index contributed by atoms with van der Waals surface area (Å²) in [6.45, 7) is 3.36. The molecule has 27 heavy (non-hydrogen) atoms. The van der Waals surface area contributed by atoms with E-state index >= 15 is 0 Å². The molecular weight excluding hydrogens is 342 g/mol. The van der Waals surface area contributed by atoms with Crippen molar-refractivity contribution in [1.82, 2.24) is 15.0 Å². The average molecular weight is 371 g/mol. The molecule has 0 bridgehead atoms. The number of aryl methyl sites for hydroxylation is 1. The molecule has 1 saturated heterocycles. The molecule has 1 aliphatic heterocycles. The largest absolute Gasteiger partial charge is 0.456 e. The van der Waals surface area contributed by atoms with Crippen molar-refractivity contribution in [3.05, 3.63) is 35.4 Å². The van der Waals surface area contributed by atoms with E-state index in [4.69, 9.17) is 13.9 Å². The van der Waals surface area contributed by atoms with Gasteiger partial charge in [0.1, 0.15) is 5.76 Å². The van der Waals surface area contributed by atoms with Gasteiger partial charge >= 0.3 is 0 Å². The number of furan rings is 1. The van der Waals surface area contributed by atoms with Gasteiger partial charge in [-0.15, -0.1) is 0 Å². The molecule has 0 aromatic carbocycles. The molecule has 1 amide bonds. The van der Waals surface area contributed by atoms with E-state index in [0.29, 0.717) is 17.6 Å². The van der Waals surface area contributed by atoms with Crippen LogP contribution in [0.3, 0.4) is 0 Å². The number of hydrogen-bond donors (Lipinski definition) is 0. The Morgan fingerprint density at radius 1 is 1.15 bits per heavy atom. The predicted octanol–water partition coefficient (Wildman–Crippen LogP) is 4.50. The van der Waals surface area contributed by atoms with Crippen molar-refractivity contribution in [2.75, 3.05) is 13.1 Å². The van der Waals surface area contributed by atoms with Crippen LogP contribution in [0.15, 0.2) is 21.1 Å². The van der Waals surface area contributed by atoms with Crippen LogP contribution < -0.4 is 0 Å². The summed E-state index contributed by atoms with van der Waals surface area (Å²) in [6, 6.07) is 3.60. The molecule has 146 valence electrons. The zero-order valence-corrected chi connectivity index (χ0v) is 16.2. The van der Waals surface area contributed by atoms with Gasteiger partial charge in [0, 0.05) is 25.4 Å². The third-order valence-corrected chi connectivity index (χ3v) is 5.92. The highest BCUT2D eigenvalue weighted by atomic mass is 16.5. The van der Waals surface area contributed by atoms with Gasteiger partial charge in [0.15, 0.2) is 11.6 Å². The molecule has 1 aliphatic carbocycles. The molecule has 6 nitrogen and oxygen atoms in total. The van der Waals surface area contributed by atoms with Crippen LogP contribution in [0.2, 0.25) is 0 Å². The zero-order valence-electron chi connectivity index (χ0n) is 16.2. The second-order valence-electron chi connectivity index (χ2n) is 8.11. The molecule has 2 aromatic heterocycles. The number of carbonyl (C=O) groups is 1. The smallest absolute Gasteiger partial charge is 0.289 e. The molecule has 0 radical (unpaired) electrons. The Morgan fingerprint density at radius 2 is 1.96 bits per heavy atom. The molecule has 3 heterocycles. The van der Waals surface area contributed by atoms with Gasteiger partial charge in [-0.2, -0.15) is 4.98 Å². The van der Waals surface area contributed by atoms with Crippen molar-refractivity contribution in [3.8, 4) is 0 Å². The zero-order chi connectivity index (χ0) is 18.6. The summed E-state index contributed by atoms with van der Waals surface area (Å²) in [6.07, 6.45) is 10.4. The molecule has 4 rings (SSSR count). The Labute approximate surface area is 160 Å². The van der Waals surface area contributed by atoms with Gasteiger partial charge in [-0.25, -0.2) is 0 Å². The van der Waals surface area contributed by atoms with Crippen LogP contribution >= 0.6 is 0 Å². The van der Waals surface area contributed by atoms with Crippen LogP contribution in [0.5, 0.6) is 0 Å². The summed E-state index contributed by atoms with van der Waals surface area (Å²) >= 11 is 0.